The van der Waals surface area contributed by atoms with Gasteiger partial charge in [-0.05, 0) is 114 Å². The summed E-state index contributed by atoms with van der Waals surface area (Å²) in [4.78, 5) is 124. The zero-order valence-electron chi connectivity index (χ0n) is 40.6. The molecule has 6 atom stereocenters. The Balaban J connectivity index is 1.69. The number of nitrogens with two attached hydrogens (primary N) is 3. The Kier molecular flexibility index (Phi) is 23.1. The van der Waals surface area contributed by atoms with Crippen LogP contribution >= 0.6 is 0 Å². The number of nitrogens with one attached hydrogen (secondary N) is 6. The summed E-state index contributed by atoms with van der Waals surface area (Å²) < 4.78 is 16.1. The maximum Gasteiger partial charge on any atom is 0.332 e. The molecule has 0 saturated carbocycles. The van der Waals surface area contributed by atoms with Gasteiger partial charge in [-0.2, -0.15) is 0 Å². The van der Waals surface area contributed by atoms with Crippen molar-refractivity contribution in [1.29, 1.82) is 0 Å². The summed E-state index contributed by atoms with van der Waals surface area (Å²) in [5, 5.41) is 75.2. The molecule has 4 rings (SSSR count). The molecule has 1 aliphatic rings. The molecule has 75 heavy (non-hydrogen) atoms. The average Bonchev–Trinajstić information content (AvgIpc) is 3.38. The van der Waals surface area contributed by atoms with Gasteiger partial charge in [0.1, 0.15) is 37.9 Å². The molecule has 0 spiro atoms. The molecule has 1 aliphatic heterocycles. The van der Waals surface area contributed by atoms with E-state index in [1.165, 1.54) is 18.2 Å². The van der Waals surface area contributed by atoms with Crippen LogP contribution in [0.1, 0.15) is 88.9 Å². The van der Waals surface area contributed by atoms with Crippen molar-refractivity contribution in [3.8, 4) is 34.5 Å². The van der Waals surface area contributed by atoms with Crippen molar-refractivity contribution in [2.45, 2.75) is 94.0 Å². The summed E-state index contributed by atoms with van der Waals surface area (Å²) >= 11 is 0. The van der Waals surface area contributed by atoms with Crippen LogP contribution in [0.25, 0.3) is 0 Å². The molecule has 3 aromatic rings. The first-order valence-corrected chi connectivity index (χ1v) is 23.8. The van der Waals surface area contributed by atoms with E-state index in [9.17, 15) is 73.8 Å². The van der Waals surface area contributed by atoms with E-state index in [4.69, 9.17) is 31.4 Å². The average molecular weight is 1050 g/mol. The van der Waals surface area contributed by atoms with Gasteiger partial charge in [-0.3, -0.25) is 28.8 Å². The quantitative estimate of drug-likeness (QED) is 0.0202. The molecule has 408 valence electrons. The summed E-state index contributed by atoms with van der Waals surface area (Å²) in [6.45, 7) is -2.57. The third kappa shape index (κ3) is 17.4. The van der Waals surface area contributed by atoms with Gasteiger partial charge in [-0.15, -0.1) is 0 Å². The lowest BCUT2D eigenvalue weighted by molar-refractivity contribution is -0.164. The highest BCUT2D eigenvalue weighted by atomic mass is 16.6. The molecule has 18 N–H and O–H groups in total. The van der Waals surface area contributed by atoms with Crippen LogP contribution in [0.4, 0.5) is 0 Å². The van der Waals surface area contributed by atoms with Crippen LogP contribution in [-0.2, 0) is 43.0 Å². The standard InChI is InChI=1S/C48H63N9O18/c49-19-4-1-13-28(52-40(64)25-10-7-16-34(58)37(25)61)43(67)55-31-22-73-47(71)33(57-45(69)30(15-3-6-21-51)54-42(66)27-12-9-18-36(60)39(27)63)24-75-48(72)32(23-74-46(31)70)56-44(68)29(14-2-5-20-50)53-41(65)26-11-8-17-35(59)38(26)62/h7-12,16-18,28-33,58-63H,1-6,13-15,19-24,49-51H2,(H,52,64)(H,53,65)(H,54,66)(H,55,67)(H,56,68)(H,57,69)/t28-,29-,30-,31+,32+,33+/m1/s1. The van der Waals surface area contributed by atoms with E-state index >= 15 is 0 Å². The smallest absolute Gasteiger partial charge is 0.332 e. The number of benzene rings is 3. The number of esters is 3. The van der Waals surface area contributed by atoms with Crippen molar-refractivity contribution in [3.63, 3.8) is 0 Å². The first kappa shape index (κ1) is 59.1. The fourth-order valence-electron chi connectivity index (χ4n) is 7.26. The maximum atomic E-state index is 14.0. The lowest BCUT2D eigenvalue weighted by Gasteiger charge is -2.27. The van der Waals surface area contributed by atoms with Gasteiger partial charge >= 0.3 is 17.9 Å². The first-order valence-electron chi connectivity index (χ1n) is 23.8. The van der Waals surface area contributed by atoms with Crippen molar-refractivity contribution < 1.29 is 88.0 Å². The number of carbonyl (C=O) groups is 9. The van der Waals surface area contributed by atoms with Gasteiger partial charge in [0, 0.05) is 0 Å². The van der Waals surface area contributed by atoms with Gasteiger partial charge in [-0.1, -0.05) is 18.2 Å². The van der Waals surface area contributed by atoms with Crippen LogP contribution in [0.5, 0.6) is 34.5 Å². The van der Waals surface area contributed by atoms with Crippen LogP contribution in [0.15, 0.2) is 54.6 Å². The molecule has 27 nitrogen and oxygen atoms in total. The number of amides is 6. The molecule has 27 heteroatoms. The summed E-state index contributed by atoms with van der Waals surface area (Å²) in [5.74, 6) is -14.7. The number of hydrogen-bond acceptors (Lipinski definition) is 21. The zero-order valence-corrected chi connectivity index (χ0v) is 40.6. The van der Waals surface area contributed by atoms with E-state index in [-0.39, 0.29) is 58.2 Å². The van der Waals surface area contributed by atoms with E-state index in [1.54, 1.807) is 0 Å². The minimum Gasteiger partial charge on any atom is -0.504 e. The summed E-state index contributed by atoms with van der Waals surface area (Å²) in [6, 6.07) is 0.256. The molecular weight excluding hydrogens is 991 g/mol. The van der Waals surface area contributed by atoms with Crippen LogP contribution in [0.2, 0.25) is 0 Å². The van der Waals surface area contributed by atoms with Crippen LogP contribution in [0.3, 0.4) is 0 Å². The van der Waals surface area contributed by atoms with Gasteiger partial charge in [0.2, 0.25) is 17.7 Å². The second-order valence-electron chi connectivity index (χ2n) is 17.0. The Bertz CT molecular complexity index is 2260. The molecule has 0 aliphatic carbocycles. The predicted octanol–water partition coefficient (Wildman–Crippen LogP) is -1.90. The van der Waals surface area contributed by atoms with E-state index in [1.807, 2.05) is 0 Å². The largest absolute Gasteiger partial charge is 0.504 e. The Morgan fingerprint density at radius 2 is 0.693 bits per heavy atom. The summed E-state index contributed by atoms with van der Waals surface area (Å²) in [7, 11) is 0. The first-order chi connectivity index (χ1) is 35.8. The van der Waals surface area contributed by atoms with Gasteiger partial charge in [0.05, 0.1) is 16.7 Å². The summed E-state index contributed by atoms with van der Waals surface area (Å²) in [5.41, 5.74) is 15.7. The van der Waals surface area contributed by atoms with Gasteiger partial charge in [-0.25, -0.2) is 14.4 Å². The number of hydrogen-bond donors (Lipinski definition) is 15. The molecule has 1 saturated heterocycles. The van der Waals surface area contributed by atoms with E-state index in [0.717, 1.165) is 36.4 Å². The van der Waals surface area contributed by atoms with Crippen LogP contribution < -0.4 is 49.1 Å². The Morgan fingerprint density at radius 1 is 0.440 bits per heavy atom. The zero-order chi connectivity index (χ0) is 55.2. The number of carbonyl (C=O) groups excluding carboxylic acids is 9. The number of ether oxygens (including phenoxy) is 3. The molecule has 6 amide bonds. The summed E-state index contributed by atoms with van der Waals surface area (Å²) in [6.07, 6.45) is 1.49. The fraction of sp³-hybridized carbons (Fsp3) is 0.438. The number of unbranched alkanes of at least 4 members (excludes halogenated alkanes) is 3. The highest BCUT2D eigenvalue weighted by molar-refractivity contribution is 6.02. The molecule has 0 aromatic heterocycles. The van der Waals surface area contributed by atoms with Gasteiger partial charge in [0.15, 0.2) is 52.6 Å². The van der Waals surface area contributed by atoms with Crippen LogP contribution in [0, 0.1) is 0 Å². The Labute approximate surface area is 428 Å². The van der Waals surface area contributed by atoms with Crippen molar-refractivity contribution >= 4 is 53.4 Å². The van der Waals surface area contributed by atoms with E-state index in [2.05, 4.69) is 31.9 Å². The minimum absolute atomic E-state index is 0.105. The fourth-order valence-corrected chi connectivity index (χ4v) is 7.26. The number of phenols is 6. The molecule has 0 radical (unpaired) electrons. The lowest BCUT2D eigenvalue weighted by Crippen LogP contribution is -2.57. The third-order valence-corrected chi connectivity index (χ3v) is 11.5. The van der Waals surface area contributed by atoms with Gasteiger partial charge in [0.25, 0.3) is 17.7 Å². The van der Waals surface area contributed by atoms with Crippen molar-refractivity contribution in [1.82, 2.24) is 31.9 Å². The monoisotopic (exact) mass is 1050 g/mol. The number of rotatable bonds is 24. The van der Waals surface area contributed by atoms with Crippen molar-refractivity contribution in [2.75, 3.05) is 39.5 Å². The topological polar surface area (TPSA) is 453 Å². The second kappa shape index (κ2) is 29.3. The Hall–Kier alpha value is -8.43. The number of para-hydroxylation sites is 3. The van der Waals surface area contributed by atoms with Crippen molar-refractivity contribution in [3.05, 3.63) is 71.3 Å². The minimum atomic E-state index is -1.95. The normalized spacial score (nSPS) is 17.2. The molecule has 1 fully saturated rings. The number of phenolic OH excluding ortho intramolecular Hbond substituents is 6. The predicted molar refractivity (Wildman–Crippen MR) is 260 cm³/mol. The lowest BCUT2D eigenvalue weighted by atomic mass is 10.1. The second-order valence-corrected chi connectivity index (χ2v) is 17.0. The Morgan fingerprint density at radius 3 is 0.933 bits per heavy atom. The highest BCUT2D eigenvalue weighted by Gasteiger charge is 2.37. The molecule has 0 unspecified atom stereocenters. The SMILES string of the molecule is NCCCC[C@@H](NC(=O)c1cccc(O)c1O)C(=O)N[C@H]1COC(=O)[C@@H](NC(=O)[C@@H](CCCCN)NC(=O)c2cccc(O)c2O)COC(=O)[C@@H](NC(=O)[C@@H](CCCCN)NC(=O)c2cccc(O)c2O)COC1=O. The molecule has 0 bridgehead atoms. The highest BCUT2D eigenvalue weighted by Crippen LogP contribution is 2.30. The van der Waals surface area contributed by atoms with Gasteiger partial charge < -0.3 is 94.0 Å². The molecule has 1 heterocycles. The third-order valence-electron chi connectivity index (χ3n) is 11.5. The number of aromatic hydroxyl groups is 6. The van der Waals surface area contributed by atoms with E-state index in [0.29, 0.717) is 19.3 Å². The van der Waals surface area contributed by atoms with E-state index < -0.39 is 161 Å². The molecular formula is C48H63N9O18. The number of cyclic esters (lactones) is 3. The maximum absolute atomic E-state index is 14.0. The molecule has 3 aromatic carbocycles. The van der Waals surface area contributed by atoms with Crippen LogP contribution in [-0.4, -0.2) is 160 Å². The van der Waals surface area contributed by atoms with Crippen molar-refractivity contribution in [2.24, 2.45) is 17.2 Å².